The van der Waals surface area contributed by atoms with Gasteiger partial charge in [0.25, 0.3) is 0 Å². The molecule has 0 heterocycles. The van der Waals surface area contributed by atoms with Gasteiger partial charge in [0.15, 0.2) is 0 Å². The molecule has 3 nitrogen and oxygen atoms in total. The molecular formula is C11H22N2O. The average molecular weight is 198 g/mol. The molecule has 1 fully saturated rings. The van der Waals surface area contributed by atoms with Crippen LogP contribution in [0.1, 0.15) is 39.5 Å². The fourth-order valence-corrected chi connectivity index (χ4v) is 1.96. The Kier molecular flexibility index (Phi) is 4.39. The highest BCUT2D eigenvalue weighted by Crippen LogP contribution is 2.23. The summed E-state index contributed by atoms with van der Waals surface area (Å²) in [6.07, 6.45) is 4.92. The Bertz CT molecular complexity index is 194. The molecule has 0 aromatic rings. The van der Waals surface area contributed by atoms with Crippen molar-refractivity contribution in [3.8, 4) is 0 Å². The number of hydrogen-bond donors (Lipinski definition) is 2. The average Bonchev–Trinajstić information content (AvgIpc) is 2.20. The van der Waals surface area contributed by atoms with Crippen LogP contribution in [0.15, 0.2) is 0 Å². The minimum atomic E-state index is -0.0517. The lowest BCUT2D eigenvalue weighted by atomic mass is 9.85. The van der Waals surface area contributed by atoms with Crippen LogP contribution in [0, 0.1) is 11.8 Å². The number of hydrogen-bond acceptors (Lipinski definition) is 2. The second-order valence-electron chi connectivity index (χ2n) is 4.51. The molecule has 1 aliphatic carbocycles. The maximum Gasteiger partial charge on any atom is 0.224 e. The molecule has 0 aromatic carbocycles. The normalized spacial score (nSPS) is 29.6. The minimum Gasteiger partial charge on any atom is -0.353 e. The van der Waals surface area contributed by atoms with E-state index >= 15 is 0 Å². The minimum absolute atomic E-state index is 0.0517. The molecular weight excluding hydrogens is 176 g/mol. The molecule has 0 saturated heterocycles. The molecule has 3 heteroatoms. The molecule has 3 N–H and O–H groups in total. The first-order valence-corrected chi connectivity index (χ1v) is 5.65. The van der Waals surface area contributed by atoms with Gasteiger partial charge < -0.3 is 11.1 Å². The summed E-state index contributed by atoms with van der Waals surface area (Å²) >= 11 is 0. The number of carbonyl (C=O) groups is 1. The molecule has 82 valence electrons. The maximum absolute atomic E-state index is 11.6. The predicted octanol–water partition coefficient (Wildman–Crippen LogP) is 1.28. The molecule has 3 unspecified atom stereocenters. The summed E-state index contributed by atoms with van der Waals surface area (Å²) < 4.78 is 0. The predicted molar refractivity (Wildman–Crippen MR) is 57.8 cm³/mol. The van der Waals surface area contributed by atoms with Gasteiger partial charge >= 0.3 is 0 Å². The molecule has 0 aromatic heterocycles. The zero-order chi connectivity index (χ0) is 10.6. The molecule has 1 saturated carbocycles. The van der Waals surface area contributed by atoms with Gasteiger partial charge in [0, 0.05) is 18.5 Å². The van der Waals surface area contributed by atoms with E-state index in [-0.39, 0.29) is 11.8 Å². The van der Waals surface area contributed by atoms with Crippen molar-refractivity contribution in [2.24, 2.45) is 17.6 Å². The highest BCUT2D eigenvalue weighted by molar-refractivity contribution is 5.78. The van der Waals surface area contributed by atoms with E-state index in [0.29, 0.717) is 18.5 Å². The lowest BCUT2D eigenvalue weighted by Crippen LogP contribution is -2.44. The van der Waals surface area contributed by atoms with Crippen molar-refractivity contribution in [1.82, 2.24) is 5.32 Å². The summed E-state index contributed by atoms with van der Waals surface area (Å²) in [6.45, 7) is 4.53. The van der Waals surface area contributed by atoms with E-state index in [0.717, 1.165) is 6.42 Å². The van der Waals surface area contributed by atoms with Gasteiger partial charge in [-0.25, -0.2) is 0 Å². The van der Waals surface area contributed by atoms with Crippen LogP contribution in [-0.4, -0.2) is 18.5 Å². The van der Waals surface area contributed by atoms with E-state index in [9.17, 15) is 4.79 Å². The summed E-state index contributed by atoms with van der Waals surface area (Å²) in [7, 11) is 0. The summed E-state index contributed by atoms with van der Waals surface area (Å²) in [4.78, 5) is 11.6. The van der Waals surface area contributed by atoms with E-state index in [1.54, 1.807) is 0 Å². The molecule has 1 aliphatic rings. The largest absolute Gasteiger partial charge is 0.353 e. The highest BCUT2D eigenvalue weighted by Gasteiger charge is 2.24. The topological polar surface area (TPSA) is 55.1 Å². The molecule has 0 spiro atoms. The van der Waals surface area contributed by atoms with Gasteiger partial charge in [0.05, 0.1) is 0 Å². The van der Waals surface area contributed by atoms with Crippen molar-refractivity contribution in [1.29, 1.82) is 0 Å². The summed E-state index contributed by atoms with van der Waals surface area (Å²) in [5.74, 6) is 0.688. The van der Waals surface area contributed by atoms with Crippen LogP contribution in [-0.2, 0) is 4.79 Å². The van der Waals surface area contributed by atoms with Gasteiger partial charge in [0.2, 0.25) is 5.91 Å². The smallest absolute Gasteiger partial charge is 0.224 e. The number of nitrogens with one attached hydrogen (secondary N) is 1. The molecule has 1 rings (SSSR count). The van der Waals surface area contributed by atoms with Crippen LogP contribution in [0.4, 0.5) is 0 Å². The summed E-state index contributed by atoms with van der Waals surface area (Å²) in [5, 5.41) is 3.10. The van der Waals surface area contributed by atoms with Gasteiger partial charge in [-0.2, -0.15) is 0 Å². The van der Waals surface area contributed by atoms with E-state index < -0.39 is 0 Å². The number of rotatable bonds is 3. The first-order chi connectivity index (χ1) is 6.65. The first kappa shape index (κ1) is 11.5. The van der Waals surface area contributed by atoms with Crippen molar-refractivity contribution >= 4 is 5.91 Å². The molecule has 1 amide bonds. The van der Waals surface area contributed by atoms with Gasteiger partial charge in [0.1, 0.15) is 0 Å². The Balaban J connectivity index is 2.38. The van der Waals surface area contributed by atoms with Crippen LogP contribution < -0.4 is 11.1 Å². The second kappa shape index (κ2) is 5.35. The zero-order valence-electron chi connectivity index (χ0n) is 9.25. The first-order valence-electron chi connectivity index (χ1n) is 5.65. The molecule has 3 atom stereocenters. The van der Waals surface area contributed by atoms with Gasteiger partial charge in [-0.3, -0.25) is 4.79 Å². The Morgan fingerprint density at radius 2 is 2.14 bits per heavy atom. The van der Waals surface area contributed by atoms with E-state index in [2.05, 4.69) is 12.2 Å². The Hall–Kier alpha value is -0.570. The van der Waals surface area contributed by atoms with E-state index in [1.165, 1.54) is 19.3 Å². The third-order valence-electron chi connectivity index (χ3n) is 3.24. The third kappa shape index (κ3) is 2.98. The van der Waals surface area contributed by atoms with Crippen molar-refractivity contribution in [3.63, 3.8) is 0 Å². The summed E-state index contributed by atoms with van der Waals surface area (Å²) in [6, 6.07) is 0.380. The van der Waals surface area contributed by atoms with Gasteiger partial charge in [-0.15, -0.1) is 0 Å². The highest BCUT2D eigenvalue weighted by atomic mass is 16.1. The van der Waals surface area contributed by atoms with E-state index in [1.807, 2.05) is 6.92 Å². The number of nitrogens with two attached hydrogens (primary N) is 1. The van der Waals surface area contributed by atoms with E-state index in [4.69, 9.17) is 5.73 Å². The molecule has 0 radical (unpaired) electrons. The molecule has 0 aliphatic heterocycles. The molecule has 14 heavy (non-hydrogen) atoms. The SMILES string of the molecule is CC(CN)C(=O)NC1CCCCC1C. The quantitative estimate of drug-likeness (QED) is 0.717. The van der Waals surface area contributed by atoms with Gasteiger partial charge in [-0.05, 0) is 18.8 Å². The maximum atomic E-state index is 11.6. The Morgan fingerprint density at radius 1 is 1.50 bits per heavy atom. The Labute approximate surface area is 86.4 Å². The van der Waals surface area contributed by atoms with Crippen LogP contribution in [0.2, 0.25) is 0 Å². The van der Waals surface area contributed by atoms with Crippen LogP contribution in [0.25, 0.3) is 0 Å². The second-order valence-corrected chi connectivity index (χ2v) is 4.51. The fourth-order valence-electron chi connectivity index (χ4n) is 1.96. The van der Waals surface area contributed by atoms with Crippen molar-refractivity contribution < 1.29 is 4.79 Å². The Morgan fingerprint density at radius 3 is 2.71 bits per heavy atom. The third-order valence-corrected chi connectivity index (χ3v) is 3.24. The van der Waals surface area contributed by atoms with Crippen LogP contribution >= 0.6 is 0 Å². The van der Waals surface area contributed by atoms with Crippen LogP contribution in [0.5, 0.6) is 0 Å². The monoisotopic (exact) mass is 198 g/mol. The summed E-state index contributed by atoms with van der Waals surface area (Å²) in [5.41, 5.74) is 5.45. The fraction of sp³-hybridized carbons (Fsp3) is 0.909. The zero-order valence-corrected chi connectivity index (χ0v) is 9.25. The van der Waals surface area contributed by atoms with Crippen molar-refractivity contribution in [2.75, 3.05) is 6.54 Å². The van der Waals surface area contributed by atoms with Crippen molar-refractivity contribution in [3.05, 3.63) is 0 Å². The number of carbonyl (C=O) groups excluding carboxylic acids is 1. The van der Waals surface area contributed by atoms with Crippen molar-refractivity contribution in [2.45, 2.75) is 45.6 Å². The molecule has 0 bridgehead atoms. The number of amides is 1. The van der Waals surface area contributed by atoms with Crippen LogP contribution in [0.3, 0.4) is 0 Å². The lowest BCUT2D eigenvalue weighted by Gasteiger charge is -2.30. The van der Waals surface area contributed by atoms with Gasteiger partial charge in [-0.1, -0.05) is 26.7 Å². The standard InChI is InChI=1S/C11H22N2O/c1-8-5-3-4-6-10(8)13-11(14)9(2)7-12/h8-10H,3-7,12H2,1-2H3,(H,13,14). The lowest BCUT2D eigenvalue weighted by molar-refractivity contribution is -0.125.